The van der Waals surface area contributed by atoms with Crippen molar-refractivity contribution >= 4 is 17.9 Å². The van der Waals surface area contributed by atoms with Gasteiger partial charge in [-0.1, -0.05) is 63.8 Å². The molecule has 3 amide bonds. The van der Waals surface area contributed by atoms with Crippen molar-refractivity contribution in [3.63, 3.8) is 0 Å². The summed E-state index contributed by atoms with van der Waals surface area (Å²) in [7, 11) is 0. The first-order valence-corrected chi connectivity index (χ1v) is 13.4. The third-order valence-corrected chi connectivity index (χ3v) is 6.15. The van der Waals surface area contributed by atoms with Gasteiger partial charge < -0.3 is 20.3 Å². The van der Waals surface area contributed by atoms with Gasteiger partial charge in [0.05, 0.1) is 0 Å². The third kappa shape index (κ3) is 9.82. The van der Waals surface area contributed by atoms with E-state index in [-0.39, 0.29) is 23.8 Å². The van der Waals surface area contributed by atoms with Crippen LogP contribution in [-0.4, -0.2) is 47.0 Å². The van der Waals surface area contributed by atoms with Gasteiger partial charge in [0.2, 0.25) is 11.8 Å². The van der Waals surface area contributed by atoms with Crippen LogP contribution in [0.2, 0.25) is 0 Å². The smallest absolute Gasteiger partial charge is 0.408 e. The molecule has 0 spiro atoms. The minimum absolute atomic E-state index is 0.0800. The molecule has 0 saturated carbocycles. The maximum atomic E-state index is 14.2. The molecule has 2 N–H and O–H groups in total. The first kappa shape index (κ1) is 31.5. The van der Waals surface area contributed by atoms with Crippen LogP contribution >= 0.6 is 0 Å². The summed E-state index contributed by atoms with van der Waals surface area (Å²) in [5.74, 6) is -0.635. The number of benzene rings is 1. The van der Waals surface area contributed by atoms with Crippen LogP contribution in [0.15, 0.2) is 18.2 Å². The highest BCUT2D eigenvalue weighted by Gasteiger charge is 2.38. The molecule has 7 nitrogen and oxygen atoms in total. The Morgan fingerprint density at radius 2 is 1.64 bits per heavy atom. The molecule has 0 saturated heterocycles. The van der Waals surface area contributed by atoms with Crippen LogP contribution in [0, 0.1) is 19.8 Å². The van der Waals surface area contributed by atoms with E-state index in [1.54, 1.807) is 25.7 Å². The summed E-state index contributed by atoms with van der Waals surface area (Å²) in [5.41, 5.74) is 2.15. The number of nitrogens with zero attached hydrogens (tertiary/aromatic N) is 1. The normalized spacial score (nSPS) is 14.1. The number of carbonyl (C=O) groups excluding carboxylic acids is 3. The SMILES string of the molecule is CCCCCN(C(=O)C(NC(=O)OC(C)(C)C)C(C)CC)C(C(=O)NC(C)C)c1ccc(C)cc1C. The van der Waals surface area contributed by atoms with Gasteiger partial charge in [-0.3, -0.25) is 9.59 Å². The molecule has 0 aliphatic rings. The van der Waals surface area contributed by atoms with Crippen molar-refractivity contribution in [2.75, 3.05) is 6.54 Å². The van der Waals surface area contributed by atoms with Crippen molar-refractivity contribution < 1.29 is 19.1 Å². The average Bonchev–Trinajstić information content (AvgIpc) is 2.75. The molecular weight excluding hydrogens is 454 g/mol. The predicted molar refractivity (Wildman–Crippen MR) is 146 cm³/mol. The van der Waals surface area contributed by atoms with Crippen molar-refractivity contribution in [2.45, 2.75) is 119 Å². The number of ether oxygens (including phenoxy) is 1. The Morgan fingerprint density at radius 3 is 2.14 bits per heavy atom. The molecule has 204 valence electrons. The second kappa shape index (κ2) is 14.2. The number of alkyl carbamates (subject to hydrolysis) is 1. The lowest BCUT2D eigenvalue weighted by Crippen LogP contribution is -2.55. The van der Waals surface area contributed by atoms with Crippen LogP contribution in [0.25, 0.3) is 0 Å². The molecule has 7 heteroatoms. The molecule has 1 aromatic rings. The topological polar surface area (TPSA) is 87.7 Å². The Bertz CT molecular complexity index is 876. The van der Waals surface area contributed by atoms with Gasteiger partial charge in [-0.05, 0) is 71.9 Å². The Kier molecular flexibility index (Phi) is 12.4. The summed E-state index contributed by atoms with van der Waals surface area (Å²) < 4.78 is 5.47. The van der Waals surface area contributed by atoms with E-state index in [1.165, 1.54) is 0 Å². The molecule has 1 aromatic carbocycles. The van der Waals surface area contributed by atoms with E-state index in [2.05, 4.69) is 17.6 Å². The highest BCUT2D eigenvalue weighted by atomic mass is 16.6. The Hall–Kier alpha value is -2.57. The van der Waals surface area contributed by atoms with Gasteiger partial charge in [0, 0.05) is 12.6 Å². The highest BCUT2D eigenvalue weighted by molar-refractivity contribution is 5.92. The second-order valence-electron chi connectivity index (χ2n) is 11.2. The monoisotopic (exact) mass is 503 g/mol. The Labute approximate surface area is 218 Å². The fourth-order valence-corrected chi connectivity index (χ4v) is 4.14. The molecule has 0 aliphatic heterocycles. The van der Waals surface area contributed by atoms with E-state index in [0.717, 1.165) is 36.0 Å². The summed E-state index contributed by atoms with van der Waals surface area (Å²) in [6.07, 6.45) is 2.73. The summed E-state index contributed by atoms with van der Waals surface area (Å²) in [4.78, 5) is 42.2. The summed E-state index contributed by atoms with van der Waals surface area (Å²) >= 11 is 0. The van der Waals surface area contributed by atoms with E-state index >= 15 is 0 Å². The minimum atomic E-state index is -0.813. The molecule has 0 radical (unpaired) electrons. The molecule has 3 unspecified atom stereocenters. The zero-order valence-electron chi connectivity index (χ0n) is 24.2. The quantitative estimate of drug-likeness (QED) is 0.352. The molecular formula is C29H49N3O4. The predicted octanol–water partition coefficient (Wildman–Crippen LogP) is 5.83. The highest BCUT2D eigenvalue weighted by Crippen LogP contribution is 2.28. The first-order valence-electron chi connectivity index (χ1n) is 13.4. The van der Waals surface area contributed by atoms with Gasteiger partial charge in [-0.25, -0.2) is 4.79 Å². The molecule has 0 bridgehead atoms. The van der Waals surface area contributed by atoms with Crippen LogP contribution in [-0.2, 0) is 14.3 Å². The molecule has 0 heterocycles. The van der Waals surface area contributed by atoms with Crippen LogP contribution in [0.1, 0.15) is 104 Å². The van der Waals surface area contributed by atoms with E-state index in [9.17, 15) is 14.4 Å². The lowest BCUT2D eigenvalue weighted by molar-refractivity contribution is -0.143. The van der Waals surface area contributed by atoms with Crippen molar-refractivity contribution in [1.29, 1.82) is 0 Å². The van der Waals surface area contributed by atoms with E-state index in [0.29, 0.717) is 13.0 Å². The average molecular weight is 504 g/mol. The van der Waals surface area contributed by atoms with E-state index in [4.69, 9.17) is 4.74 Å². The summed E-state index contributed by atoms with van der Waals surface area (Å²) in [5, 5.41) is 5.84. The number of rotatable bonds is 12. The fourth-order valence-electron chi connectivity index (χ4n) is 4.14. The number of aryl methyl sites for hydroxylation is 2. The molecule has 1 rings (SSSR count). The van der Waals surface area contributed by atoms with E-state index in [1.807, 2.05) is 59.7 Å². The third-order valence-electron chi connectivity index (χ3n) is 6.15. The zero-order chi connectivity index (χ0) is 27.6. The Balaban J connectivity index is 3.57. The number of carbonyl (C=O) groups is 3. The van der Waals surface area contributed by atoms with Gasteiger partial charge >= 0.3 is 6.09 Å². The van der Waals surface area contributed by atoms with Crippen molar-refractivity contribution in [2.24, 2.45) is 5.92 Å². The van der Waals surface area contributed by atoms with Gasteiger partial charge in [0.25, 0.3) is 0 Å². The molecule has 0 aliphatic carbocycles. The van der Waals surface area contributed by atoms with Crippen LogP contribution < -0.4 is 10.6 Å². The van der Waals surface area contributed by atoms with Crippen molar-refractivity contribution in [1.82, 2.24) is 15.5 Å². The summed E-state index contributed by atoms with van der Waals surface area (Å²) in [6.45, 7) is 19.6. The zero-order valence-corrected chi connectivity index (χ0v) is 24.2. The maximum Gasteiger partial charge on any atom is 0.408 e. The van der Waals surface area contributed by atoms with Crippen LogP contribution in [0.3, 0.4) is 0 Å². The largest absolute Gasteiger partial charge is 0.444 e. The summed E-state index contributed by atoms with van der Waals surface area (Å²) in [6, 6.07) is 4.25. The molecule has 0 fully saturated rings. The maximum absolute atomic E-state index is 14.2. The fraction of sp³-hybridized carbons (Fsp3) is 0.690. The first-order chi connectivity index (χ1) is 16.7. The van der Waals surface area contributed by atoms with Crippen molar-refractivity contribution in [3.8, 4) is 0 Å². The molecule has 3 atom stereocenters. The number of unbranched alkanes of at least 4 members (excludes halogenated alkanes) is 2. The number of hydrogen-bond donors (Lipinski definition) is 2. The van der Waals surface area contributed by atoms with Gasteiger partial charge in [-0.2, -0.15) is 0 Å². The lowest BCUT2D eigenvalue weighted by atomic mass is 9.93. The number of hydrogen-bond acceptors (Lipinski definition) is 4. The molecule has 0 aromatic heterocycles. The lowest BCUT2D eigenvalue weighted by Gasteiger charge is -2.37. The standard InChI is InChI=1S/C29H49N3O4/c1-11-13-14-17-32(27(34)24(21(6)12-2)31-28(35)36-29(8,9)10)25(26(33)30-19(3)4)23-16-15-20(5)18-22(23)7/h15-16,18-19,21,24-25H,11-14,17H2,1-10H3,(H,30,33)(H,31,35). The van der Waals surface area contributed by atoms with Gasteiger partial charge in [0.15, 0.2) is 0 Å². The van der Waals surface area contributed by atoms with Crippen LogP contribution in [0.4, 0.5) is 4.79 Å². The van der Waals surface area contributed by atoms with Crippen molar-refractivity contribution in [3.05, 3.63) is 34.9 Å². The number of nitrogens with one attached hydrogen (secondary N) is 2. The Morgan fingerprint density at radius 1 is 1.00 bits per heavy atom. The molecule has 36 heavy (non-hydrogen) atoms. The van der Waals surface area contributed by atoms with Crippen LogP contribution in [0.5, 0.6) is 0 Å². The van der Waals surface area contributed by atoms with E-state index < -0.39 is 23.8 Å². The number of amides is 3. The van der Waals surface area contributed by atoms with Gasteiger partial charge in [0.1, 0.15) is 17.7 Å². The minimum Gasteiger partial charge on any atom is -0.444 e. The second-order valence-corrected chi connectivity index (χ2v) is 11.2. The van der Waals surface area contributed by atoms with Gasteiger partial charge in [-0.15, -0.1) is 0 Å².